The number of benzene rings is 1. The molecule has 106 valence electrons. The summed E-state index contributed by atoms with van der Waals surface area (Å²) < 4.78 is 17.8. The lowest BCUT2D eigenvalue weighted by molar-refractivity contribution is 0.208. The van der Waals surface area contributed by atoms with Gasteiger partial charge in [-0.1, -0.05) is 17.3 Å². The lowest BCUT2D eigenvalue weighted by Gasteiger charge is -2.25. The van der Waals surface area contributed by atoms with Gasteiger partial charge in [-0.25, -0.2) is 9.18 Å². The molecular weight excluding hydrogens is 261 g/mol. The predicted molar refractivity (Wildman–Crippen MR) is 72.8 cm³/mol. The standard InChI is InChI=1S/C14H16FN3O2/c1-9-8-13(17-20-9)16-14(19)18(3)10(2)11-4-6-12(15)7-5-11/h4-8,10H,1-3H3,(H,16,17,19)/t10-/m0/s1. The van der Waals surface area contributed by atoms with Crippen molar-refractivity contribution in [1.29, 1.82) is 0 Å². The molecule has 2 amide bonds. The first kappa shape index (κ1) is 14.0. The number of carbonyl (C=O) groups is 1. The molecule has 0 saturated carbocycles. The summed E-state index contributed by atoms with van der Waals surface area (Å²) in [7, 11) is 1.66. The van der Waals surface area contributed by atoms with E-state index < -0.39 is 0 Å². The maximum atomic E-state index is 12.9. The topological polar surface area (TPSA) is 58.4 Å². The fourth-order valence-corrected chi connectivity index (χ4v) is 1.76. The number of aromatic nitrogens is 1. The van der Waals surface area contributed by atoms with Gasteiger partial charge in [-0.05, 0) is 31.5 Å². The van der Waals surface area contributed by atoms with Gasteiger partial charge in [0.05, 0.1) is 6.04 Å². The summed E-state index contributed by atoms with van der Waals surface area (Å²) in [6.07, 6.45) is 0. The van der Waals surface area contributed by atoms with E-state index in [0.717, 1.165) is 5.56 Å². The van der Waals surface area contributed by atoms with E-state index in [0.29, 0.717) is 11.6 Å². The van der Waals surface area contributed by atoms with Crippen LogP contribution in [0.4, 0.5) is 15.0 Å². The molecule has 1 heterocycles. The van der Waals surface area contributed by atoms with E-state index in [1.807, 2.05) is 6.92 Å². The van der Waals surface area contributed by atoms with Gasteiger partial charge in [-0.2, -0.15) is 0 Å². The van der Waals surface area contributed by atoms with Crippen LogP contribution >= 0.6 is 0 Å². The van der Waals surface area contributed by atoms with Gasteiger partial charge < -0.3 is 9.42 Å². The number of hydrogen-bond acceptors (Lipinski definition) is 3. The summed E-state index contributed by atoms with van der Waals surface area (Å²) in [5, 5.41) is 6.33. The van der Waals surface area contributed by atoms with E-state index in [-0.39, 0.29) is 17.9 Å². The maximum absolute atomic E-state index is 12.9. The van der Waals surface area contributed by atoms with Gasteiger partial charge >= 0.3 is 6.03 Å². The highest BCUT2D eigenvalue weighted by atomic mass is 19.1. The van der Waals surface area contributed by atoms with Gasteiger partial charge in [0.2, 0.25) is 0 Å². The molecule has 0 bridgehead atoms. The Morgan fingerprint density at radius 1 is 1.40 bits per heavy atom. The largest absolute Gasteiger partial charge is 0.360 e. The van der Waals surface area contributed by atoms with Crippen molar-refractivity contribution < 1.29 is 13.7 Å². The zero-order valence-corrected chi connectivity index (χ0v) is 11.6. The summed E-state index contributed by atoms with van der Waals surface area (Å²) in [6, 6.07) is 7.19. The van der Waals surface area contributed by atoms with Crippen LogP contribution in [0.3, 0.4) is 0 Å². The second kappa shape index (κ2) is 5.73. The van der Waals surface area contributed by atoms with Gasteiger partial charge in [0.25, 0.3) is 0 Å². The number of hydrogen-bond donors (Lipinski definition) is 1. The molecule has 0 radical (unpaired) electrons. The van der Waals surface area contributed by atoms with Crippen LogP contribution in [0.15, 0.2) is 34.9 Å². The zero-order valence-electron chi connectivity index (χ0n) is 11.6. The normalized spacial score (nSPS) is 12.0. The molecule has 0 aliphatic rings. The molecule has 6 heteroatoms. The molecule has 1 aromatic carbocycles. The molecule has 0 aliphatic carbocycles. The quantitative estimate of drug-likeness (QED) is 0.936. The molecule has 20 heavy (non-hydrogen) atoms. The summed E-state index contributed by atoms with van der Waals surface area (Å²) >= 11 is 0. The zero-order chi connectivity index (χ0) is 14.7. The second-order valence-electron chi connectivity index (χ2n) is 4.59. The minimum atomic E-state index is -0.310. The number of carbonyl (C=O) groups excluding carboxylic acids is 1. The van der Waals surface area contributed by atoms with E-state index in [2.05, 4.69) is 10.5 Å². The average molecular weight is 277 g/mol. The number of halogens is 1. The third-order valence-electron chi connectivity index (χ3n) is 3.12. The van der Waals surface area contributed by atoms with Crippen LogP contribution < -0.4 is 5.32 Å². The first-order valence-electron chi connectivity index (χ1n) is 6.20. The Labute approximate surface area is 116 Å². The number of anilines is 1. The van der Waals surface area contributed by atoms with Gasteiger partial charge in [0.15, 0.2) is 5.82 Å². The third-order valence-corrected chi connectivity index (χ3v) is 3.12. The fourth-order valence-electron chi connectivity index (χ4n) is 1.76. The molecule has 0 spiro atoms. The SMILES string of the molecule is Cc1cc(NC(=O)N(C)[C@@H](C)c2ccc(F)cc2)no1. The highest BCUT2D eigenvalue weighted by molar-refractivity contribution is 5.88. The lowest BCUT2D eigenvalue weighted by atomic mass is 10.1. The average Bonchev–Trinajstić information content (AvgIpc) is 2.83. The molecule has 2 aromatic rings. The molecule has 0 aliphatic heterocycles. The number of nitrogens with zero attached hydrogens (tertiary/aromatic N) is 2. The van der Waals surface area contributed by atoms with Crippen molar-refractivity contribution in [2.24, 2.45) is 0 Å². The molecular formula is C14H16FN3O2. The minimum absolute atomic E-state index is 0.191. The Morgan fingerprint density at radius 3 is 2.60 bits per heavy atom. The van der Waals surface area contributed by atoms with Crippen molar-refractivity contribution in [2.45, 2.75) is 19.9 Å². The van der Waals surface area contributed by atoms with Crippen LogP contribution in [0.5, 0.6) is 0 Å². The van der Waals surface area contributed by atoms with Crippen molar-refractivity contribution in [2.75, 3.05) is 12.4 Å². The van der Waals surface area contributed by atoms with Crippen LogP contribution in [0.2, 0.25) is 0 Å². The summed E-state index contributed by atoms with van der Waals surface area (Å²) in [5.41, 5.74) is 0.848. The number of urea groups is 1. The van der Waals surface area contributed by atoms with Crippen molar-refractivity contribution >= 4 is 11.8 Å². The maximum Gasteiger partial charge on any atom is 0.323 e. The van der Waals surface area contributed by atoms with Crippen molar-refractivity contribution in [3.8, 4) is 0 Å². The second-order valence-corrected chi connectivity index (χ2v) is 4.59. The minimum Gasteiger partial charge on any atom is -0.360 e. The number of amides is 2. The molecule has 0 saturated heterocycles. The molecule has 5 nitrogen and oxygen atoms in total. The Hall–Kier alpha value is -2.37. The fraction of sp³-hybridized carbons (Fsp3) is 0.286. The van der Waals surface area contributed by atoms with Crippen LogP contribution in [0.25, 0.3) is 0 Å². The molecule has 2 rings (SSSR count). The highest BCUT2D eigenvalue weighted by Gasteiger charge is 2.18. The smallest absolute Gasteiger partial charge is 0.323 e. The van der Waals surface area contributed by atoms with Crippen LogP contribution in [-0.2, 0) is 0 Å². The Kier molecular flexibility index (Phi) is 4.02. The Morgan fingerprint density at radius 2 is 2.05 bits per heavy atom. The molecule has 1 N–H and O–H groups in total. The molecule has 0 unspecified atom stereocenters. The first-order valence-corrected chi connectivity index (χ1v) is 6.20. The highest BCUT2D eigenvalue weighted by Crippen LogP contribution is 2.20. The molecule has 1 atom stereocenters. The predicted octanol–water partition coefficient (Wildman–Crippen LogP) is 3.35. The van der Waals surface area contributed by atoms with E-state index in [9.17, 15) is 9.18 Å². The van der Waals surface area contributed by atoms with Crippen molar-refractivity contribution in [3.05, 3.63) is 47.5 Å². The third kappa shape index (κ3) is 3.14. The van der Waals surface area contributed by atoms with Gasteiger partial charge in [0.1, 0.15) is 11.6 Å². The van der Waals surface area contributed by atoms with Gasteiger partial charge in [0, 0.05) is 13.1 Å². The van der Waals surface area contributed by atoms with Crippen LogP contribution in [0, 0.1) is 12.7 Å². The lowest BCUT2D eigenvalue weighted by Crippen LogP contribution is -2.33. The van der Waals surface area contributed by atoms with Gasteiger partial charge in [-0.15, -0.1) is 0 Å². The summed E-state index contributed by atoms with van der Waals surface area (Å²) in [6.45, 7) is 3.61. The van der Waals surface area contributed by atoms with Gasteiger partial charge in [-0.3, -0.25) is 5.32 Å². The van der Waals surface area contributed by atoms with Crippen molar-refractivity contribution in [1.82, 2.24) is 10.1 Å². The monoisotopic (exact) mass is 277 g/mol. The van der Waals surface area contributed by atoms with Crippen LogP contribution in [0.1, 0.15) is 24.3 Å². The van der Waals surface area contributed by atoms with E-state index in [1.54, 1.807) is 32.2 Å². The van der Waals surface area contributed by atoms with Crippen LogP contribution in [-0.4, -0.2) is 23.1 Å². The molecule has 1 aromatic heterocycles. The Bertz CT molecular complexity index is 595. The van der Waals surface area contributed by atoms with E-state index in [1.165, 1.54) is 17.0 Å². The first-order chi connectivity index (χ1) is 9.47. The summed E-state index contributed by atoms with van der Waals surface area (Å²) in [4.78, 5) is 13.6. The van der Waals surface area contributed by atoms with E-state index >= 15 is 0 Å². The van der Waals surface area contributed by atoms with E-state index in [4.69, 9.17) is 4.52 Å². The molecule has 0 fully saturated rings. The summed E-state index contributed by atoms with van der Waals surface area (Å²) in [5.74, 6) is 0.686. The Balaban J connectivity index is 2.04. The number of nitrogens with one attached hydrogen (secondary N) is 1. The number of aryl methyl sites for hydroxylation is 1. The van der Waals surface area contributed by atoms with Crippen molar-refractivity contribution in [3.63, 3.8) is 0 Å². The number of rotatable bonds is 3.